The Morgan fingerprint density at radius 3 is 2.54 bits per heavy atom. The molecule has 3 heteroatoms. The molecule has 28 heavy (non-hydrogen) atoms. The van der Waals surface area contributed by atoms with E-state index in [-0.39, 0.29) is 0 Å². The van der Waals surface area contributed by atoms with E-state index in [4.69, 9.17) is 4.74 Å². The Hall–Kier alpha value is -1.35. The topological polar surface area (TPSA) is 29.5 Å². The lowest BCUT2D eigenvalue weighted by atomic mass is 9.84. The number of unbranched alkanes of at least 4 members (excludes halogenated alkanes) is 3. The molecule has 0 spiro atoms. The van der Waals surface area contributed by atoms with Crippen molar-refractivity contribution in [3.05, 3.63) is 29.3 Å². The number of ketones is 1. The molecule has 158 valence electrons. The van der Waals surface area contributed by atoms with Crippen molar-refractivity contribution < 1.29 is 9.53 Å². The van der Waals surface area contributed by atoms with E-state index < -0.39 is 0 Å². The number of methoxy groups -OCH3 is 1. The summed E-state index contributed by atoms with van der Waals surface area (Å²) >= 11 is 0. The van der Waals surface area contributed by atoms with Crippen LogP contribution in [0.1, 0.15) is 82.3 Å². The van der Waals surface area contributed by atoms with Gasteiger partial charge in [0.05, 0.1) is 7.11 Å². The van der Waals surface area contributed by atoms with Crippen molar-refractivity contribution in [3.63, 3.8) is 0 Å². The molecule has 1 aromatic carbocycles. The molecule has 1 aromatic rings. The van der Waals surface area contributed by atoms with Gasteiger partial charge >= 0.3 is 0 Å². The zero-order chi connectivity index (χ0) is 20.2. The summed E-state index contributed by atoms with van der Waals surface area (Å²) in [6, 6.07) is 6.36. The predicted octanol–water partition coefficient (Wildman–Crippen LogP) is 5.97. The summed E-state index contributed by atoms with van der Waals surface area (Å²) in [6.45, 7) is 7.80. The number of nitrogens with zero attached hydrogens (tertiary/aromatic N) is 1. The Morgan fingerprint density at radius 1 is 1.07 bits per heavy atom. The van der Waals surface area contributed by atoms with Gasteiger partial charge in [-0.3, -0.25) is 4.79 Å². The molecule has 1 saturated carbocycles. The lowest BCUT2D eigenvalue weighted by Crippen LogP contribution is -2.27. The van der Waals surface area contributed by atoms with Crippen LogP contribution in [-0.2, 0) is 11.2 Å². The van der Waals surface area contributed by atoms with Gasteiger partial charge in [-0.25, -0.2) is 0 Å². The average Bonchev–Trinajstić information content (AvgIpc) is 2.74. The zero-order valence-corrected chi connectivity index (χ0v) is 18.5. The highest BCUT2D eigenvalue weighted by Gasteiger charge is 2.20. The molecule has 0 atom stereocenters. The summed E-state index contributed by atoms with van der Waals surface area (Å²) in [5.41, 5.74) is 2.73. The van der Waals surface area contributed by atoms with Gasteiger partial charge in [-0.1, -0.05) is 45.1 Å². The lowest BCUT2D eigenvalue weighted by molar-refractivity contribution is -0.123. The number of carbonyl (C=O) groups is 1. The molecule has 2 rings (SSSR count). The summed E-state index contributed by atoms with van der Waals surface area (Å²) in [7, 11) is 1.73. The number of ether oxygens (including phenoxy) is 1. The van der Waals surface area contributed by atoms with Gasteiger partial charge in [0.15, 0.2) is 0 Å². The van der Waals surface area contributed by atoms with Crippen LogP contribution >= 0.6 is 0 Å². The summed E-state index contributed by atoms with van der Waals surface area (Å²) < 4.78 is 5.36. The van der Waals surface area contributed by atoms with E-state index in [2.05, 4.69) is 30.9 Å². The molecular weight excluding hydrogens is 346 g/mol. The molecule has 0 amide bonds. The summed E-state index contributed by atoms with van der Waals surface area (Å²) in [4.78, 5) is 14.8. The first-order valence-electron chi connectivity index (χ1n) is 11.5. The maximum absolute atomic E-state index is 12.3. The third kappa shape index (κ3) is 7.95. The molecular formula is C25H41NO2. The number of benzene rings is 1. The van der Waals surface area contributed by atoms with Crippen LogP contribution in [0.15, 0.2) is 18.2 Å². The third-order valence-corrected chi connectivity index (χ3v) is 6.41. The van der Waals surface area contributed by atoms with Crippen LogP contribution < -0.4 is 4.74 Å². The van der Waals surface area contributed by atoms with Gasteiger partial charge in [0, 0.05) is 18.9 Å². The Morgan fingerprint density at radius 2 is 1.82 bits per heavy atom. The monoisotopic (exact) mass is 387 g/mol. The van der Waals surface area contributed by atoms with Crippen molar-refractivity contribution in [2.45, 2.75) is 84.5 Å². The van der Waals surface area contributed by atoms with Crippen molar-refractivity contribution >= 4 is 5.78 Å². The van der Waals surface area contributed by atoms with Crippen molar-refractivity contribution in [2.75, 3.05) is 26.7 Å². The Balaban J connectivity index is 1.58. The first kappa shape index (κ1) is 22.9. The zero-order valence-electron chi connectivity index (χ0n) is 18.5. The van der Waals surface area contributed by atoms with Gasteiger partial charge in [0.25, 0.3) is 0 Å². The molecule has 1 aliphatic rings. The summed E-state index contributed by atoms with van der Waals surface area (Å²) in [5.74, 6) is 1.89. The number of carbonyl (C=O) groups excluding carboxylic acids is 1. The molecule has 0 heterocycles. The van der Waals surface area contributed by atoms with Gasteiger partial charge in [-0.2, -0.15) is 0 Å². The molecule has 0 aromatic heterocycles. The smallest absolute Gasteiger partial charge is 0.135 e. The molecule has 0 radical (unpaired) electrons. The summed E-state index contributed by atoms with van der Waals surface area (Å²) in [6.07, 6.45) is 12.8. The minimum absolute atomic E-state index is 0.393. The number of rotatable bonds is 13. The van der Waals surface area contributed by atoms with Crippen molar-refractivity contribution in [1.29, 1.82) is 0 Å². The van der Waals surface area contributed by atoms with Crippen LogP contribution in [0.2, 0.25) is 0 Å². The van der Waals surface area contributed by atoms with Crippen molar-refractivity contribution in [3.8, 4) is 5.75 Å². The lowest BCUT2D eigenvalue weighted by Gasteiger charge is -2.21. The molecule has 1 aliphatic carbocycles. The Labute approximate surface area is 172 Å². The summed E-state index contributed by atoms with van der Waals surface area (Å²) in [5, 5.41) is 0. The van der Waals surface area contributed by atoms with Gasteiger partial charge in [0.2, 0.25) is 0 Å². The second-order valence-corrected chi connectivity index (χ2v) is 8.44. The fraction of sp³-hybridized carbons (Fsp3) is 0.720. The predicted molar refractivity (Wildman–Crippen MR) is 118 cm³/mol. The van der Waals surface area contributed by atoms with Crippen LogP contribution in [-0.4, -0.2) is 37.4 Å². The molecule has 0 unspecified atom stereocenters. The minimum atomic E-state index is 0.393. The van der Waals surface area contributed by atoms with Crippen LogP contribution in [0.25, 0.3) is 0 Å². The van der Waals surface area contributed by atoms with E-state index in [1.165, 1.54) is 49.7 Å². The molecule has 0 N–H and O–H groups in total. The number of hydrogen-bond donors (Lipinski definition) is 0. The highest BCUT2D eigenvalue weighted by atomic mass is 16.5. The highest BCUT2D eigenvalue weighted by molar-refractivity contribution is 5.80. The van der Waals surface area contributed by atoms with Crippen LogP contribution in [0, 0.1) is 12.8 Å². The largest absolute Gasteiger partial charge is 0.497 e. The fourth-order valence-corrected chi connectivity index (χ4v) is 4.37. The molecule has 3 nitrogen and oxygen atoms in total. The molecule has 0 saturated heterocycles. The number of Topliss-reactive ketones (excluding diaryl/α,β-unsaturated/α-hetero) is 1. The third-order valence-electron chi connectivity index (χ3n) is 6.41. The normalized spacial score (nSPS) is 15.1. The molecule has 0 aliphatic heterocycles. The second kappa shape index (κ2) is 13.0. The fourth-order valence-electron chi connectivity index (χ4n) is 4.37. The van der Waals surface area contributed by atoms with Crippen LogP contribution in [0.4, 0.5) is 0 Å². The van der Waals surface area contributed by atoms with Crippen molar-refractivity contribution in [2.24, 2.45) is 5.92 Å². The SMILES string of the molecule is CCN(CCCCCCC(=O)C1CCCCC1)CCc1cc(OC)ccc1C. The average molecular weight is 388 g/mol. The highest BCUT2D eigenvalue weighted by Crippen LogP contribution is 2.26. The maximum Gasteiger partial charge on any atom is 0.135 e. The van der Waals surface area contributed by atoms with Gasteiger partial charge in [-0.05, 0) is 75.4 Å². The first-order valence-corrected chi connectivity index (χ1v) is 11.5. The van der Waals surface area contributed by atoms with E-state index in [9.17, 15) is 4.79 Å². The van der Waals surface area contributed by atoms with Crippen molar-refractivity contribution in [1.82, 2.24) is 4.90 Å². The van der Waals surface area contributed by atoms with E-state index in [1.54, 1.807) is 7.11 Å². The number of likely N-dealkylation sites (N-methyl/N-ethyl adjacent to an activating group) is 1. The van der Waals surface area contributed by atoms with Gasteiger partial charge in [0.1, 0.15) is 11.5 Å². The van der Waals surface area contributed by atoms with E-state index >= 15 is 0 Å². The number of hydrogen-bond acceptors (Lipinski definition) is 3. The minimum Gasteiger partial charge on any atom is -0.497 e. The molecule has 0 bridgehead atoms. The maximum atomic E-state index is 12.3. The van der Waals surface area contributed by atoms with E-state index in [0.29, 0.717) is 11.7 Å². The van der Waals surface area contributed by atoms with Gasteiger partial charge < -0.3 is 9.64 Å². The van der Waals surface area contributed by atoms with Crippen LogP contribution in [0.5, 0.6) is 5.75 Å². The van der Waals surface area contributed by atoms with E-state index in [0.717, 1.165) is 57.5 Å². The van der Waals surface area contributed by atoms with E-state index in [1.807, 2.05) is 6.07 Å². The quantitative estimate of drug-likeness (QED) is 0.391. The molecule has 1 fully saturated rings. The van der Waals surface area contributed by atoms with Crippen LogP contribution in [0.3, 0.4) is 0 Å². The standard InChI is InChI=1S/C25H41NO2/c1-4-26(19-17-23-20-24(28-3)16-15-21(23)2)18-11-6-5-10-14-25(27)22-12-8-7-9-13-22/h15-16,20,22H,4-14,17-19H2,1-3H3. The second-order valence-electron chi connectivity index (χ2n) is 8.44. The first-order chi connectivity index (χ1) is 13.6. The Bertz CT molecular complexity index is 578. The number of aryl methyl sites for hydroxylation is 1. The van der Waals surface area contributed by atoms with Gasteiger partial charge in [-0.15, -0.1) is 0 Å². The Kier molecular flexibility index (Phi) is 10.6.